The first kappa shape index (κ1) is 22.6. The molecule has 1 aromatic heterocycles. The molecule has 9 heteroatoms. The van der Waals surface area contributed by atoms with E-state index in [1.54, 1.807) is 54.1 Å². The van der Waals surface area contributed by atoms with Crippen LogP contribution in [0.3, 0.4) is 0 Å². The van der Waals surface area contributed by atoms with Gasteiger partial charge in [0, 0.05) is 30.1 Å². The Morgan fingerprint density at radius 1 is 1.13 bits per heavy atom. The molecule has 0 saturated heterocycles. The molecule has 0 aliphatic carbocycles. The monoisotopic (exact) mass is 458 g/mol. The van der Waals surface area contributed by atoms with Gasteiger partial charge in [0.25, 0.3) is 10.0 Å². The molecule has 1 amide bonds. The predicted molar refractivity (Wildman–Crippen MR) is 124 cm³/mol. The molecule has 0 radical (unpaired) electrons. The number of rotatable bonds is 6. The number of sulfonamides is 1. The van der Waals surface area contributed by atoms with Crippen LogP contribution in [-0.2, 0) is 21.9 Å². The van der Waals surface area contributed by atoms with Crippen LogP contribution < -0.4 is 10.0 Å². The predicted octanol–water partition coefficient (Wildman–Crippen LogP) is 4.45. The van der Waals surface area contributed by atoms with E-state index in [9.17, 15) is 13.2 Å². The zero-order valence-corrected chi connectivity index (χ0v) is 19.2. The van der Waals surface area contributed by atoms with E-state index in [4.69, 9.17) is 11.6 Å². The van der Waals surface area contributed by atoms with Crippen molar-refractivity contribution in [1.29, 1.82) is 0 Å². The maximum Gasteiger partial charge on any atom is 0.262 e. The smallest absolute Gasteiger partial charge is 0.262 e. The number of hydrogen-bond acceptors (Lipinski definition) is 4. The number of amides is 1. The molecule has 1 heterocycles. The van der Waals surface area contributed by atoms with Crippen molar-refractivity contribution >= 4 is 45.0 Å². The highest BCUT2D eigenvalue weighted by Crippen LogP contribution is 2.27. The van der Waals surface area contributed by atoms with Crippen LogP contribution in [0.5, 0.6) is 0 Å². The summed E-state index contributed by atoms with van der Waals surface area (Å²) >= 11 is 6.07. The lowest BCUT2D eigenvalue weighted by Gasteiger charge is -2.13. The molecule has 3 rings (SSSR count). The van der Waals surface area contributed by atoms with Gasteiger partial charge >= 0.3 is 0 Å². The fourth-order valence-corrected chi connectivity index (χ4v) is 4.68. The number of halogens is 1. The van der Waals surface area contributed by atoms with Gasteiger partial charge in [-0.1, -0.05) is 29.8 Å². The SMILES string of the molecule is Cc1ccc(NC(=O)/C=C/c2c(C)nn(C)c2C)cc1S(=O)(=O)Nc1ccccc1Cl. The molecule has 0 unspecified atom stereocenters. The highest BCUT2D eigenvalue weighted by atomic mass is 35.5. The Morgan fingerprint density at radius 3 is 2.48 bits per heavy atom. The second-order valence-electron chi connectivity index (χ2n) is 7.10. The minimum atomic E-state index is -3.90. The fraction of sp³-hybridized carbons (Fsp3) is 0.182. The molecule has 0 saturated carbocycles. The summed E-state index contributed by atoms with van der Waals surface area (Å²) in [5.74, 6) is -0.381. The van der Waals surface area contributed by atoms with E-state index in [-0.39, 0.29) is 16.5 Å². The van der Waals surface area contributed by atoms with Crippen molar-refractivity contribution < 1.29 is 13.2 Å². The Bertz CT molecular complexity index is 1280. The van der Waals surface area contributed by atoms with E-state index in [1.165, 1.54) is 12.1 Å². The van der Waals surface area contributed by atoms with Crippen molar-refractivity contribution in [2.24, 2.45) is 7.05 Å². The van der Waals surface area contributed by atoms with Gasteiger partial charge in [-0.3, -0.25) is 14.2 Å². The topological polar surface area (TPSA) is 93.1 Å². The summed E-state index contributed by atoms with van der Waals surface area (Å²) < 4.78 is 30.0. The quantitative estimate of drug-likeness (QED) is 0.533. The number of aromatic nitrogens is 2. The molecule has 2 aromatic carbocycles. The molecule has 162 valence electrons. The largest absolute Gasteiger partial charge is 0.322 e. The first-order chi connectivity index (χ1) is 14.6. The first-order valence-electron chi connectivity index (χ1n) is 9.46. The van der Waals surface area contributed by atoms with Crippen molar-refractivity contribution in [3.05, 3.63) is 76.1 Å². The van der Waals surface area contributed by atoms with Gasteiger partial charge in [-0.25, -0.2) is 8.42 Å². The van der Waals surface area contributed by atoms with Gasteiger partial charge in [-0.2, -0.15) is 5.10 Å². The number of nitrogens with one attached hydrogen (secondary N) is 2. The normalized spacial score (nSPS) is 11.6. The molecule has 0 bridgehead atoms. The number of hydrogen-bond donors (Lipinski definition) is 2. The average molecular weight is 459 g/mol. The van der Waals surface area contributed by atoms with Crippen LogP contribution in [-0.4, -0.2) is 24.1 Å². The lowest BCUT2D eigenvalue weighted by molar-refractivity contribution is -0.111. The molecule has 0 atom stereocenters. The minimum Gasteiger partial charge on any atom is -0.322 e. The first-order valence-corrected chi connectivity index (χ1v) is 11.3. The fourth-order valence-electron chi connectivity index (χ4n) is 3.09. The van der Waals surface area contributed by atoms with Gasteiger partial charge in [-0.05, 0) is 56.7 Å². The van der Waals surface area contributed by atoms with Crippen LogP contribution in [0, 0.1) is 20.8 Å². The Kier molecular flexibility index (Phi) is 6.52. The molecule has 0 aliphatic heterocycles. The van der Waals surface area contributed by atoms with Crippen molar-refractivity contribution in [3.63, 3.8) is 0 Å². The van der Waals surface area contributed by atoms with E-state index in [0.29, 0.717) is 16.3 Å². The van der Waals surface area contributed by atoms with Crippen LogP contribution in [0.1, 0.15) is 22.5 Å². The molecule has 0 fully saturated rings. The molecule has 2 N–H and O–H groups in total. The second-order valence-corrected chi connectivity index (χ2v) is 9.15. The Labute approximate surface area is 186 Å². The van der Waals surface area contributed by atoms with Gasteiger partial charge in [0.15, 0.2) is 0 Å². The number of nitrogens with zero attached hydrogens (tertiary/aromatic N) is 2. The van der Waals surface area contributed by atoms with Crippen molar-refractivity contribution in [3.8, 4) is 0 Å². The molecular weight excluding hydrogens is 436 g/mol. The summed E-state index contributed by atoms with van der Waals surface area (Å²) in [6, 6.07) is 11.3. The van der Waals surface area contributed by atoms with Crippen molar-refractivity contribution in [1.82, 2.24) is 9.78 Å². The molecule has 7 nitrogen and oxygen atoms in total. The van der Waals surface area contributed by atoms with E-state index >= 15 is 0 Å². The highest BCUT2D eigenvalue weighted by molar-refractivity contribution is 7.92. The van der Waals surface area contributed by atoms with Gasteiger partial charge in [0.05, 0.1) is 21.3 Å². The van der Waals surface area contributed by atoms with Crippen LogP contribution in [0.25, 0.3) is 6.08 Å². The summed E-state index contributed by atoms with van der Waals surface area (Å²) in [7, 11) is -2.07. The Balaban J connectivity index is 1.81. The molecule has 0 aliphatic rings. The van der Waals surface area contributed by atoms with Crippen LogP contribution >= 0.6 is 11.6 Å². The lowest BCUT2D eigenvalue weighted by Crippen LogP contribution is -2.15. The third-order valence-electron chi connectivity index (χ3n) is 4.83. The summed E-state index contributed by atoms with van der Waals surface area (Å²) in [6.07, 6.45) is 3.09. The third kappa shape index (κ3) is 5.15. The van der Waals surface area contributed by atoms with Crippen LogP contribution in [0.15, 0.2) is 53.4 Å². The summed E-state index contributed by atoms with van der Waals surface area (Å²) in [5.41, 5.74) is 3.81. The number of carbonyl (C=O) groups is 1. The minimum absolute atomic E-state index is 0.0492. The molecular formula is C22H23ClN4O3S. The van der Waals surface area contributed by atoms with E-state index < -0.39 is 10.0 Å². The van der Waals surface area contributed by atoms with Gasteiger partial charge in [-0.15, -0.1) is 0 Å². The number of aryl methyl sites for hydroxylation is 3. The molecule has 0 spiro atoms. The van der Waals surface area contributed by atoms with Crippen LogP contribution in [0.4, 0.5) is 11.4 Å². The standard InChI is InChI=1S/C22H23ClN4O3S/c1-14-9-10-17(24-22(28)12-11-18-15(2)25-27(4)16(18)3)13-21(14)31(29,30)26-20-8-6-5-7-19(20)23/h5-13,26H,1-4H3,(H,24,28)/b12-11+. The second kappa shape index (κ2) is 8.95. The number of carbonyl (C=O) groups excluding carboxylic acids is 1. The third-order valence-corrected chi connectivity index (χ3v) is 6.67. The van der Waals surface area contributed by atoms with Gasteiger partial charge < -0.3 is 5.32 Å². The number of anilines is 2. The van der Waals surface area contributed by atoms with Gasteiger partial charge in [0.2, 0.25) is 5.91 Å². The summed E-state index contributed by atoms with van der Waals surface area (Å²) in [4.78, 5) is 12.4. The Morgan fingerprint density at radius 2 is 1.84 bits per heavy atom. The van der Waals surface area contributed by atoms with E-state index in [2.05, 4.69) is 15.1 Å². The molecule has 3 aromatic rings. The number of para-hydroxylation sites is 1. The summed E-state index contributed by atoms with van der Waals surface area (Å²) in [6.45, 7) is 5.47. The summed E-state index contributed by atoms with van der Waals surface area (Å²) in [5, 5.41) is 7.30. The lowest BCUT2D eigenvalue weighted by atomic mass is 10.2. The zero-order chi connectivity index (χ0) is 22.8. The van der Waals surface area contributed by atoms with Crippen molar-refractivity contribution in [2.45, 2.75) is 25.7 Å². The Hall–Kier alpha value is -3.10. The molecule has 31 heavy (non-hydrogen) atoms. The van der Waals surface area contributed by atoms with Crippen molar-refractivity contribution in [2.75, 3.05) is 10.0 Å². The van der Waals surface area contributed by atoms with E-state index in [1.807, 2.05) is 20.9 Å². The average Bonchev–Trinajstić information content (AvgIpc) is 2.94. The highest BCUT2D eigenvalue weighted by Gasteiger charge is 2.19. The van der Waals surface area contributed by atoms with Gasteiger partial charge in [0.1, 0.15) is 0 Å². The van der Waals surface area contributed by atoms with E-state index in [0.717, 1.165) is 17.0 Å². The number of benzene rings is 2. The maximum absolute atomic E-state index is 12.9. The van der Waals surface area contributed by atoms with Crippen LogP contribution in [0.2, 0.25) is 5.02 Å². The zero-order valence-electron chi connectivity index (χ0n) is 17.6. The maximum atomic E-state index is 12.9.